The first-order valence-electron chi connectivity index (χ1n) is 13.5. The summed E-state index contributed by atoms with van der Waals surface area (Å²) in [5, 5.41) is 2.99. The van der Waals surface area contributed by atoms with Crippen LogP contribution in [0.25, 0.3) is 0 Å². The number of sulfonamides is 1. The van der Waals surface area contributed by atoms with Crippen LogP contribution >= 0.6 is 0 Å². The molecule has 0 aliphatic rings. The fourth-order valence-corrected chi connectivity index (χ4v) is 5.90. The van der Waals surface area contributed by atoms with E-state index in [1.807, 2.05) is 39.0 Å². The summed E-state index contributed by atoms with van der Waals surface area (Å²) in [5.74, 6) is -0.145. The SMILES string of the molecule is CCC(C)NC(=O)C(CC)N(Cc1cccc(OC)c1)C(=O)CN(c1ccccc1C)S(=O)(=O)c1ccccc1. The van der Waals surface area contributed by atoms with Crippen molar-refractivity contribution in [1.82, 2.24) is 10.2 Å². The lowest BCUT2D eigenvalue weighted by Crippen LogP contribution is -2.53. The molecule has 2 atom stereocenters. The lowest BCUT2D eigenvalue weighted by Gasteiger charge is -2.34. The zero-order chi connectivity index (χ0) is 29.3. The normalized spacial score (nSPS) is 12.7. The number of ether oxygens (including phenoxy) is 1. The highest BCUT2D eigenvalue weighted by atomic mass is 32.2. The van der Waals surface area contributed by atoms with E-state index in [4.69, 9.17) is 4.74 Å². The van der Waals surface area contributed by atoms with Gasteiger partial charge in [0.15, 0.2) is 0 Å². The van der Waals surface area contributed by atoms with E-state index in [0.29, 0.717) is 23.4 Å². The largest absolute Gasteiger partial charge is 0.497 e. The number of methoxy groups -OCH3 is 1. The summed E-state index contributed by atoms with van der Waals surface area (Å²) in [6.07, 6.45) is 1.09. The number of carbonyl (C=O) groups is 2. The quantitative estimate of drug-likeness (QED) is 0.317. The van der Waals surface area contributed by atoms with E-state index < -0.39 is 28.5 Å². The molecule has 9 heteroatoms. The minimum absolute atomic E-state index is 0.0720. The number of rotatable bonds is 13. The summed E-state index contributed by atoms with van der Waals surface area (Å²) in [4.78, 5) is 29.1. The van der Waals surface area contributed by atoms with Crippen LogP contribution in [0.1, 0.15) is 44.7 Å². The molecule has 40 heavy (non-hydrogen) atoms. The molecule has 0 aromatic heterocycles. The van der Waals surface area contributed by atoms with Crippen LogP contribution in [-0.4, -0.2) is 50.9 Å². The van der Waals surface area contributed by atoms with Crippen LogP contribution in [0.15, 0.2) is 83.8 Å². The van der Waals surface area contributed by atoms with E-state index in [1.54, 1.807) is 62.6 Å². The number of carbonyl (C=O) groups excluding carboxylic acids is 2. The summed E-state index contributed by atoms with van der Waals surface area (Å²) >= 11 is 0. The highest BCUT2D eigenvalue weighted by molar-refractivity contribution is 7.92. The Kier molecular flexibility index (Phi) is 10.7. The zero-order valence-corrected chi connectivity index (χ0v) is 24.6. The first-order chi connectivity index (χ1) is 19.1. The summed E-state index contributed by atoms with van der Waals surface area (Å²) in [7, 11) is -2.54. The Balaban J connectivity index is 2.07. The van der Waals surface area contributed by atoms with Crippen molar-refractivity contribution in [2.75, 3.05) is 18.0 Å². The van der Waals surface area contributed by atoms with Gasteiger partial charge in [-0.05, 0) is 68.1 Å². The van der Waals surface area contributed by atoms with Crippen LogP contribution in [0.2, 0.25) is 0 Å². The third-order valence-corrected chi connectivity index (χ3v) is 8.64. The maximum Gasteiger partial charge on any atom is 0.264 e. The number of hydrogen-bond acceptors (Lipinski definition) is 5. The van der Waals surface area contributed by atoms with Gasteiger partial charge in [0.2, 0.25) is 11.8 Å². The van der Waals surface area contributed by atoms with Gasteiger partial charge in [-0.15, -0.1) is 0 Å². The van der Waals surface area contributed by atoms with Gasteiger partial charge < -0.3 is 15.0 Å². The molecule has 2 amide bonds. The van der Waals surface area contributed by atoms with Crippen molar-refractivity contribution in [3.05, 3.63) is 90.0 Å². The second-order valence-corrected chi connectivity index (χ2v) is 11.6. The minimum atomic E-state index is -4.10. The van der Waals surface area contributed by atoms with E-state index in [-0.39, 0.29) is 23.4 Å². The molecule has 0 saturated heterocycles. The molecule has 3 rings (SSSR count). The molecule has 0 saturated carbocycles. The van der Waals surface area contributed by atoms with E-state index >= 15 is 0 Å². The summed E-state index contributed by atoms with van der Waals surface area (Å²) < 4.78 is 34.3. The molecule has 0 fully saturated rings. The fraction of sp³-hybridized carbons (Fsp3) is 0.355. The zero-order valence-electron chi connectivity index (χ0n) is 23.8. The maximum absolute atomic E-state index is 14.1. The van der Waals surface area contributed by atoms with Crippen LogP contribution in [0, 0.1) is 6.92 Å². The summed E-state index contributed by atoms with van der Waals surface area (Å²) in [6, 6.07) is 21.5. The lowest BCUT2D eigenvalue weighted by atomic mass is 10.1. The number of para-hydroxylation sites is 1. The molecule has 214 valence electrons. The first kappa shape index (κ1) is 30.7. The Labute approximate surface area is 238 Å². The number of nitrogens with zero attached hydrogens (tertiary/aromatic N) is 2. The van der Waals surface area contributed by atoms with Crippen molar-refractivity contribution in [1.29, 1.82) is 0 Å². The van der Waals surface area contributed by atoms with E-state index in [9.17, 15) is 18.0 Å². The summed E-state index contributed by atoms with van der Waals surface area (Å²) in [6.45, 7) is 7.15. The van der Waals surface area contributed by atoms with Crippen molar-refractivity contribution in [2.24, 2.45) is 0 Å². The van der Waals surface area contributed by atoms with Crippen molar-refractivity contribution in [3.63, 3.8) is 0 Å². The molecule has 0 heterocycles. The van der Waals surface area contributed by atoms with E-state index in [1.165, 1.54) is 17.0 Å². The van der Waals surface area contributed by atoms with Gasteiger partial charge >= 0.3 is 0 Å². The Morgan fingerprint density at radius 1 is 0.925 bits per heavy atom. The molecular formula is C31H39N3O5S. The van der Waals surface area contributed by atoms with Gasteiger partial charge in [0, 0.05) is 12.6 Å². The molecular weight excluding hydrogens is 526 g/mol. The number of amides is 2. The van der Waals surface area contributed by atoms with Crippen LogP contribution < -0.4 is 14.4 Å². The topological polar surface area (TPSA) is 96.0 Å². The number of aryl methyl sites for hydroxylation is 1. The monoisotopic (exact) mass is 565 g/mol. The van der Waals surface area contributed by atoms with E-state index in [2.05, 4.69) is 5.32 Å². The Morgan fingerprint density at radius 3 is 2.23 bits per heavy atom. The fourth-order valence-electron chi connectivity index (χ4n) is 4.40. The van der Waals surface area contributed by atoms with Gasteiger partial charge in [-0.3, -0.25) is 13.9 Å². The third-order valence-electron chi connectivity index (χ3n) is 6.87. The second kappa shape index (κ2) is 14.0. The molecule has 0 bridgehead atoms. The molecule has 2 unspecified atom stereocenters. The van der Waals surface area contributed by atoms with Crippen LogP contribution in [0.3, 0.4) is 0 Å². The lowest BCUT2D eigenvalue weighted by molar-refractivity contribution is -0.140. The molecule has 1 N–H and O–H groups in total. The second-order valence-electron chi connectivity index (χ2n) is 9.73. The minimum Gasteiger partial charge on any atom is -0.497 e. The van der Waals surface area contributed by atoms with Crippen molar-refractivity contribution in [2.45, 2.75) is 64.1 Å². The number of hydrogen-bond donors (Lipinski definition) is 1. The Hall–Kier alpha value is -3.85. The van der Waals surface area contributed by atoms with Gasteiger partial charge in [-0.1, -0.05) is 62.4 Å². The van der Waals surface area contributed by atoms with Gasteiger partial charge in [0.05, 0.1) is 17.7 Å². The van der Waals surface area contributed by atoms with Gasteiger partial charge in [-0.25, -0.2) is 8.42 Å². The first-order valence-corrected chi connectivity index (χ1v) is 14.9. The van der Waals surface area contributed by atoms with Crippen molar-refractivity contribution in [3.8, 4) is 5.75 Å². The van der Waals surface area contributed by atoms with Crippen LogP contribution in [-0.2, 0) is 26.2 Å². The Bertz CT molecular complexity index is 1390. The smallest absolute Gasteiger partial charge is 0.264 e. The number of benzene rings is 3. The number of anilines is 1. The average molecular weight is 566 g/mol. The Morgan fingerprint density at radius 2 is 1.60 bits per heavy atom. The molecule has 0 aliphatic heterocycles. The molecule has 8 nitrogen and oxygen atoms in total. The maximum atomic E-state index is 14.1. The van der Waals surface area contributed by atoms with Gasteiger partial charge in [0.25, 0.3) is 10.0 Å². The number of nitrogens with one attached hydrogen (secondary N) is 1. The highest BCUT2D eigenvalue weighted by Gasteiger charge is 2.34. The van der Waals surface area contributed by atoms with E-state index in [0.717, 1.165) is 16.3 Å². The average Bonchev–Trinajstić information content (AvgIpc) is 2.96. The van der Waals surface area contributed by atoms with Gasteiger partial charge in [-0.2, -0.15) is 0 Å². The summed E-state index contributed by atoms with van der Waals surface area (Å²) in [5.41, 5.74) is 1.87. The molecule has 3 aromatic rings. The standard InChI is InChI=1S/C31H39N3O5S/c1-6-24(4)32-31(36)28(7-2)33(21-25-15-13-16-26(20-25)39-5)30(35)22-34(29-19-12-11-14-23(29)3)40(37,38)27-17-9-8-10-18-27/h8-20,24,28H,6-7,21-22H2,1-5H3,(H,32,36). The van der Waals surface area contributed by atoms with Crippen LogP contribution in [0.5, 0.6) is 5.75 Å². The van der Waals surface area contributed by atoms with Crippen LogP contribution in [0.4, 0.5) is 5.69 Å². The molecule has 0 spiro atoms. The predicted molar refractivity (Wildman–Crippen MR) is 158 cm³/mol. The molecule has 0 radical (unpaired) electrons. The van der Waals surface area contributed by atoms with Crippen molar-refractivity contribution < 1.29 is 22.7 Å². The third kappa shape index (κ3) is 7.41. The van der Waals surface area contributed by atoms with Crippen molar-refractivity contribution >= 4 is 27.5 Å². The van der Waals surface area contributed by atoms with Gasteiger partial charge in [0.1, 0.15) is 18.3 Å². The molecule has 0 aliphatic carbocycles. The molecule has 3 aromatic carbocycles. The highest BCUT2D eigenvalue weighted by Crippen LogP contribution is 2.27. The predicted octanol–water partition coefficient (Wildman–Crippen LogP) is 4.92.